The summed E-state index contributed by atoms with van der Waals surface area (Å²) in [4.78, 5) is 4.50. The summed E-state index contributed by atoms with van der Waals surface area (Å²) in [5, 5.41) is 4.35. The number of nitrogens with one attached hydrogen (secondary N) is 1. The van der Waals surface area contributed by atoms with Crippen LogP contribution in [0.25, 0.3) is 0 Å². The first-order valence-corrected chi connectivity index (χ1v) is 5.76. The Morgan fingerprint density at radius 1 is 1.40 bits per heavy atom. The highest BCUT2D eigenvalue weighted by Crippen LogP contribution is 2.41. The van der Waals surface area contributed by atoms with Crippen molar-refractivity contribution in [2.75, 3.05) is 6.54 Å². The van der Waals surface area contributed by atoms with Crippen LogP contribution in [0.5, 0.6) is 0 Å². The summed E-state index contributed by atoms with van der Waals surface area (Å²) < 4.78 is 0. The van der Waals surface area contributed by atoms with Crippen LogP contribution < -0.4 is 5.32 Å². The molecule has 1 aliphatic heterocycles. The molecule has 1 aromatic carbocycles. The van der Waals surface area contributed by atoms with E-state index in [-0.39, 0.29) is 6.17 Å². The number of hydrogen-bond acceptors (Lipinski definition) is 2. The maximum atomic E-state index is 6.11. The molecule has 0 spiro atoms. The maximum Gasteiger partial charge on any atom is 0.106 e. The van der Waals surface area contributed by atoms with Crippen molar-refractivity contribution in [2.45, 2.75) is 24.9 Å². The lowest BCUT2D eigenvalue weighted by molar-refractivity contribution is 0.407. The molecule has 0 radical (unpaired) electrons. The third-order valence-electron chi connectivity index (χ3n) is 3.25. The summed E-state index contributed by atoms with van der Waals surface area (Å²) >= 11 is 6.11. The van der Waals surface area contributed by atoms with Gasteiger partial charge < -0.3 is 0 Å². The third-order valence-corrected chi connectivity index (χ3v) is 3.61. The second-order valence-corrected chi connectivity index (χ2v) is 4.54. The lowest BCUT2D eigenvalue weighted by Gasteiger charge is -2.36. The van der Waals surface area contributed by atoms with Crippen LogP contribution >= 0.6 is 11.6 Å². The van der Waals surface area contributed by atoms with Crippen LogP contribution in [0.15, 0.2) is 23.2 Å². The zero-order chi connectivity index (χ0) is 10.3. The van der Waals surface area contributed by atoms with Gasteiger partial charge in [0.15, 0.2) is 0 Å². The van der Waals surface area contributed by atoms with E-state index >= 15 is 0 Å². The molecular weight excluding hydrogens is 208 g/mol. The molecule has 0 saturated carbocycles. The molecular formula is C12H13ClN2. The summed E-state index contributed by atoms with van der Waals surface area (Å²) in [7, 11) is 0. The molecule has 0 fully saturated rings. The van der Waals surface area contributed by atoms with E-state index in [1.807, 2.05) is 18.3 Å². The highest BCUT2D eigenvalue weighted by Gasteiger charge is 2.34. The molecule has 2 atom stereocenters. The van der Waals surface area contributed by atoms with Crippen molar-refractivity contribution in [1.29, 1.82) is 0 Å². The number of fused-ring (bicyclic) bond motifs is 1. The number of hydrogen-bond donors (Lipinski definition) is 1. The fourth-order valence-corrected chi connectivity index (χ4v) is 2.66. The number of aliphatic imine (C=N–C) groups is 1. The Bertz CT molecular complexity index is 414. The normalized spacial score (nSPS) is 28.3. The second kappa shape index (κ2) is 3.62. The van der Waals surface area contributed by atoms with Crippen molar-refractivity contribution in [1.82, 2.24) is 5.32 Å². The van der Waals surface area contributed by atoms with Crippen molar-refractivity contribution >= 4 is 17.8 Å². The van der Waals surface area contributed by atoms with Crippen molar-refractivity contribution in [3.63, 3.8) is 0 Å². The van der Waals surface area contributed by atoms with E-state index in [1.54, 1.807) is 0 Å². The SMILES string of the molecule is Clc1cccc2c1CC2C1N=CCCN1. The van der Waals surface area contributed by atoms with E-state index in [1.165, 1.54) is 11.1 Å². The third kappa shape index (κ3) is 1.48. The standard InChI is InChI=1S/C12H13ClN2/c13-11-4-1-3-8-9(11)7-10(8)12-14-5-2-6-15-12/h1,3-5,10,12,15H,2,6-7H2. The Morgan fingerprint density at radius 3 is 3.13 bits per heavy atom. The Balaban J connectivity index is 1.87. The number of rotatable bonds is 1. The molecule has 78 valence electrons. The lowest BCUT2D eigenvalue weighted by Crippen LogP contribution is -2.41. The fourth-order valence-electron chi connectivity index (χ4n) is 2.40. The van der Waals surface area contributed by atoms with Crippen molar-refractivity contribution < 1.29 is 0 Å². The second-order valence-electron chi connectivity index (χ2n) is 4.14. The van der Waals surface area contributed by atoms with Gasteiger partial charge in [-0.3, -0.25) is 10.3 Å². The highest BCUT2D eigenvalue weighted by atomic mass is 35.5. The van der Waals surface area contributed by atoms with E-state index in [0.717, 1.165) is 24.4 Å². The zero-order valence-electron chi connectivity index (χ0n) is 8.41. The molecule has 1 heterocycles. The minimum Gasteiger partial charge on any atom is -0.295 e. The monoisotopic (exact) mass is 220 g/mol. The van der Waals surface area contributed by atoms with Gasteiger partial charge in [0.1, 0.15) is 6.17 Å². The molecule has 1 N–H and O–H groups in total. The Hall–Kier alpha value is -0.860. The van der Waals surface area contributed by atoms with Gasteiger partial charge in [0, 0.05) is 23.7 Å². The van der Waals surface area contributed by atoms with Gasteiger partial charge in [-0.2, -0.15) is 0 Å². The summed E-state index contributed by atoms with van der Waals surface area (Å²) in [5.41, 5.74) is 2.69. The van der Waals surface area contributed by atoms with Crippen LogP contribution in [0.2, 0.25) is 5.02 Å². The minimum atomic E-state index is 0.268. The summed E-state index contributed by atoms with van der Waals surface area (Å²) in [5.74, 6) is 0.523. The van der Waals surface area contributed by atoms with Gasteiger partial charge in [-0.1, -0.05) is 23.7 Å². The summed E-state index contributed by atoms with van der Waals surface area (Å²) in [6.07, 6.45) is 4.41. The first kappa shape index (κ1) is 9.37. The molecule has 2 nitrogen and oxygen atoms in total. The first-order chi connectivity index (χ1) is 7.36. The van der Waals surface area contributed by atoms with Gasteiger partial charge in [-0.05, 0) is 30.0 Å². The van der Waals surface area contributed by atoms with E-state index in [9.17, 15) is 0 Å². The Labute approximate surface area is 94.4 Å². The smallest absolute Gasteiger partial charge is 0.106 e. The topological polar surface area (TPSA) is 24.4 Å². The Kier molecular flexibility index (Phi) is 2.26. The average Bonchev–Trinajstić information content (AvgIpc) is 2.23. The number of nitrogens with zero attached hydrogens (tertiary/aromatic N) is 1. The van der Waals surface area contributed by atoms with Crippen molar-refractivity contribution in [3.05, 3.63) is 34.3 Å². The first-order valence-electron chi connectivity index (χ1n) is 5.38. The molecule has 0 saturated heterocycles. The predicted octanol–water partition coefficient (Wildman–Crippen LogP) is 2.37. The van der Waals surface area contributed by atoms with Gasteiger partial charge in [0.05, 0.1) is 0 Å². The molecule has 3 rings (SSSR count). The fraction of sp³-hybridized carbons (Fsp3) is 0.417. The van der Waals surface area contributed by atoms with Crippen LogP contribution in [-0.2, 0) is 6.42 Å². The van der Waals surface area contributed by atoms with Crippen molar-refractivity contribution in [3.8, 4) is 0 Å². The molecule has 0 amide bonds. The van der Waals surface area contributed by atoms with Crippen LogP contribution in [0.4, 0.5) is 0 Å². The van der Waals surface area contributed by atoms with Gasteiger partial charge in [0.25, 0.3) is 0 Å². The number of benzene rings is 1. The molecule has 1 aliphatic carbocycles. The number of halogens is 1. The molecule has 2 aliphatic rings. The molecule has 3 heteroatoms. The minimum absolute atomic E-state index is 0.268. The van der Waals surface area contributed by atoms with Crippen LogP contribution in [-0.4, -0.2) is 18.9 Å². The molecule has 0 bridgehead atoms. The van der Waals surface area contributed by atoms with E-state index in [2.05, 4.69) is 16.4 Å². The predicted molar refractivity (Wildman–Crippen MR) is 62.8 cm³/mol. The molecule has 1 aromatic rings. The van der Waals surface area contributed by atoms with Crippen LogP contribution in [0.3, 0.4) is 0 Å². The molecule has 2 unspecified atom stereocenters. The van der Waals surface area contributed by atoms with Crippen LogP contribution in [0, 0.1) is 0 Å². The van der Waals surface area contributed by atoms with Gasteiger partial charge in [0.2, 0.25) is 0 Å². The average molecular weight is 221 g/mol. The van der Waals surface area contributed by atoms with E-state index < -0.39 is 0 Å². The largest absolute Gasteiger partial charge is 0.295 e. The lowest BCUT2D eigenvalue weighted by atomic mass is 9.75. The van der Waals surface area contributed by atoms with E-state index in [0.29, 0.717) is 5.92 Å². The van der Waals surface area contributed by atoms with Gasteiger partial charge in [-0.15, -0.1) is 0 Å². The zero-order valence-corrected chi connectivity index (χ0v) is 9.17. The molecule has 0 aromatic heterocycles. The molecule has 15 heavy (non-hydrogen) atoms. The summed E-state index contributed by atoms with van der Waals surface area (Å²) in [6, 6.07) is 6.16. The quantitative estimate of drug-likeness (QED) is 0.772. The highest BCUT2D eigenvalue weighted by molar-refractivity contribution is 6.31. The van der Waals surface area contributed by atoms with Gasteiger partial charge >= 0.3 is 0 Å². The van der Waals surface area contributed by atoms with Crippen LogP contribution in [0.1, 0.15) is 23.5 Å². The van der Waals surface area contributed by atoms with E-state index in [4.69, 9.17) is 11.6 Å². The van der Waals surface area contributed by atoms with Gasteiger partial charge in [-0.25, -0.2) is 0 Å². The Morgan fingerprint density at radius 2 is 2.33 bits per heavy atom. The summed E-state index contributed by atoms with van der Waals surface area (Å²) in [6.45, 7) is 1.04. The maximum absolute atomic E-state index is 6.11. The van der Waals surface area contributed by atoms with Crippen molar-refractivity contribution in [2.24, 2.45) is 4.99 Å².